The van der Waals surface area contributed by atoms with E-state index in [0.717, 1.165) is 30.8 Å². The van der Waals surface area contributed by atoms with E-state index in [-0.39, 0.29) is 0 Å². The van der Waals surface area contributed by atoms with Crippen LogP contribution in [0.4, 0.5) is 5.82 Å². The average Bonchev–Trinajstić information content (AvgIpc) is 2.46. The second-order valence-corrected chi connectivity index (χ2v) is 6.75. The summed E-state index contributed by atoms with van der Waals surface area (Å²) in [5, 5.41) is 3.59. The Morgan fingerprint density at radius 2 is 2.19 bits per heavy atom. The molecule has 114 valence electrons. The number of fused-ring (bicyclic) bond motifs is 1. The fourth-order valence-corrected chi connectivity index (χ4v) is 3.56. The summed E-state index contributed by atoms with van der Waals surface area (Å²) in [7, 11) is 2.17. The first kappa shape index (κ1) is 14.7. The molecule has 1 saturated heterocycles. The maximum absolute atomic E-state index is 5.92. The van der Waals surface area contributed by atoms with Gasteiger partial charge in [-0.1, -0.05) is 12.2 Å². The Hall–Kier alpha value is -1.20. The standard InChI is InChI=1S/C16H24N4S/c1-20-8-4-6-12(10-20)18-16-13(15(17)21)9-11-5-2-3-7-14(11)19-16/h9,12H,2-8,10H2,1H3,(H2,17,21)(H,18,19). The first-order valence-corrected chi connectivity index (χ1v) is 8.32. The van der Waals surface area contributed by atoms with E-state index >= 15 is 0 Å². The molecule has 5 heteroatoms. The number of nitrogens with one attached hydrogen (secondary N) is 1. The summed E-state index contributed by atoms with van der Waals surface area (Å²) in [5.41, 5.74) is 9.40. The number of aryl methyl sites for hydroxylation is 2. The second kappa shape index (κ2) is 6.28. The molecular weight excluding hydrogens is 280 g/mol. The molecule has 0 radical (unpaired) electrons. The molecule has 4 nitrogen and oxygen atoms in total. The van der Waals surface area contributed by atoms with Crippen LogP contribution < -0.4 is 11.1 Å². The van der Waals surface area contributed by atoms with Crippen molar-refractivity contribution in [2.45, 2.75) is 44.6 Å². The van der Waals surface area contributed by atoms with Crippen LogP contribution in [0.1, 0.15) is 42.5 Å². The average molecular weight is 304 g/mol. The molecule has 1 aromatic rings. The second-order valence-electron chi connectivity index (χ2n) is 6.31. The first-order chi connectivity index (χ1) is 10.1. The monoisotopic (exact) mass is 304 g/mol. The molecule has 0 spiro atoms. The lowest BCUT2D eigenvalue weighted by molar-refractivity contribution is 0.260. The number of nitrogens with two attached hydrogens (primary N) is 1. The van der Waals surface area contributed by atoms with Crippen molar-refractivity contribution in [3.05, 3.63) is 22.9 Å². The molecule has 0 aromatic carbocycles. The van der Waals surface area contributed by atoms with Gasteiger partial charge in [0.1, 0.15) is 10.8 Å². The third-order valence-corrected chi connectivity index (χ3v) is 4.75. The van der Waals surface area contributed by atoms with Gasteiger partial charge in [-0.15, -0.1) is 0 Å². The summed E-state index contributed by atoms with van der Waals surface area (Å²) in [5.74, 6) is 0.892. The molecule has 0 bridgehead atoms. The summed E-state index contributed by atoms with van der Waals surface area (Å²) >= 11 is 5.23. The van der Waals surface area contributed by atoms with E-state index in [1.54, 1.807) is 0 Å². The number of piperidine rings is 1. The van der Waals surface area contributed by atoms with Crippen molar-refractivity contribution in [3.8, 4) is 0 Å². The van der Waals surface area contributed by atoms with Gasteiger partial charge in [0.2, 0.25) is 0 Å². The molecule has 2 aliphatic rings. The highest BCUT2D eigenvalue weighted by Gasteiger charge is 2.21. The molecule has 1 unspecified atom stereocenters. The van der Waals surface area contributed by atoms with Crippen molar-refractivity contribution in [2.75, 3.05) is 25.5 Å². The van der Waals surface area contributed by atoms with Crippen LogP contribution in [0.3, 0.4) is 0 Å². The van der Waals surface area contributed by atoms with Gasteiger partial charge in [0.25, 0.3) is 0 Å². The minimum Gasteiger partial charge on any atom is -0.389 e. The van der Waals surface area contributed by atoms with Crippen LogP contribution in [0.25, 0.3) is 0 Å². The molecular formula is C16H24N4S. The van der Waals surface area contributed by atoms with Gasteiger partial charge in [-0.05, 0) is 63.7 Å². The van der Waals surface area contributed by atoms with Gasteiger partial charge in [-0.2, -0.15) is 0 Å². The summed E-state index contributed by atoms with van der Waals surface area (Å²) in [4.78, 5) is 7.66. The number of nitrogens with zero attached hydrogens (tertiary/aromatic N) is 2. The number of hydrogen-bond donors (Lipinski definition) is 2. The number of thiocarbonyl (C=S) groups is 1. The number of hydrogen-bond acceptors (Lipinski definition) is 4. The van der Waals surface area contributed by atoms with E-state index in [1.807, 2.05) is 0 Å². The van der Waals surface area contributed by atoms with Gasteiger partial charge in [-0.3, -0.25) is 0 Å². The predicted molar refractivity (Wildman–Crippen MR) is 90.9 cm³/mol. The maximum Gasteiger partial charge on any atom is 0.136 e. The van der Waals surface area contributed by atoms with Crippen molar-refractivity contribution in [3.63, 3.8) is 0 Å². The van der Waals surface area contributed by atoms with Crippen molar-refractivity contribution in [1.29, 1.82) is 0 Å². The summed E-state index contributed by atoms with van der Waals surface area (Å²) in [6.07, 6.45) is 7.06. The van der Waals surface area contributed by atoms with E-state index in [2.05, 4.69) is 23.3 Å². The highest BCUT2D eigenvalue weighted by Crippen LogP contribution is 2.26. The molecule has 1 aliphatic heterocycles. The lowest BCUT2D eigenvalue weighted by Gasteiger charge is -2.31. The van der Waals surface area contributed by atoms with Crippen LogP contribution in [0.2, 0.25) is 0 Å². The van der Waals surface area contributed by atoms with Crippen molar-refractivity contribution in [2.24, 2.45) is 5.73 Å². The van der Waals surface area contributed by atoms with Gasteiger partial charge in [0.15, 0.2) is 0 Å². The molecule has 0 amide bonds. The Balaban J connectivity index is 1.87. The van der Waals surface area contributed by atoms with Gasteiger partial charge in [-0.25, -0.2) is 4.98 Å². The maximum atomic E-state index is 5.92. The molecule has 1 fully saturated rings. The van der Waals surface area contributed by atoms with Crippen molar-refractivity contribution >= 4 is 23.0 Å². The molecule has 3 rings (SSSR count). The highest BCUT2D eigenvalue weighted by atomic mass is 32.1. The minimum atomic E-state index is 0.436. The quantitative estimate of drug-likeness (QED) is 0.838. The Labute approximate surface area is 132 Å². The first-order valence-electron chi connectivity index (χ1n) is 7.91. The zero-order chi connectivity index (χ0) is 14.8. The number of rotatable bonds is 3. The van der Waals surface area contributed by atoms with Crippen LogP contribution in [0.5, 0.6) is 0 Å². The number of aromatic nitrogens is 1. The Morgan fingerprint density at radius 3 is 2.95 bits per heavy atom. The fourth-order valence-electron chi connectivity index (χ4n) is 3.41. The lowest BCUT2D eigenvalue weighted by Crippen LogP contribution is -2.40. The molecule has 1 aromatic heterocycles. The van der Waals surface area contributed by atoms with Crippen LogP contribution in [-0.2, 0) is 12.8 Å². The smallest absolute Gasteiger partial charge is 0.136 e. The zero-order valence-corrected chi connectivity index (χ0v) is 13.5. The topological polar surface area (TPSA) is 54.2 Å². The third-order valence-electron chi connectivity index (χ3n) is 4.53. The highest BCUT2D eigenvalue weighted by molar-refractivity contribution is 7.80. The normalized spacial score (nSPS) is 22.6. The third kappa shape index (κ3) is 3.35. The number of anilines is 1. The van der Waals surface area contributed by atoms with Gasteiger partial charge in [0.05, 0.1) is 5.56 Å². The van der Waals surface area contributed by atoms with E-state index in [1.165, 1.54) is 43.5 Å². The van der Waals surface area contributed by atoms with E-state index < -0.39 is 0 Å². The lowest BCUT2D eigenvalue weighted by atomic mass is 9.94. The SMILES string of the molecule is CN1CCCC(Nc2nc3c(cc2C(N)=S)CCCC3)C1. The largest absolute Gasteiger partial charge is 0.389 e. The van der Waals surface area contributed by atoms with Gasteiger partial charge >= 0.3 is 0 Å². The molecule has 21 heavy (non-hydrogen) atoms. The van der Waals surface area contributed by atoms with Gasteiger partial charge in [0, 0.05) is 18.3 Å². The van der Waals surface area contributed by atoms with Gasteiger partial charge < -0.3 is 16.0 Å². The summed E-state index contributed by atoms with van der Waals surface area (Å²) in [6.45, 7) is 2.23. The minimum absolute atomic E-state index is 0.436. The van der Waals surface area contributed by atoms with E-state index in [9.17, 15) is 0 Å². The molecule has 0 saturated carbocycles. The fraction of sp³-hybridized carbons (Fsp3) is 0.625. The van der Waals surface area contributed by atoms with Crippen molar-refractivity contribution in [1.82, 2.24) is 9.88 Å². The van der Waals surface area contributed by atoms with Crippen LogP contribution in [0, 0.1) is 0 Å². The Morgan fingerprint density at radius 1 is 1.38 bits per heavy atom. The summed E-state index contributed by atoms with van der Waals surface area (Å²) in [6, 6.07) is 2.60. The Bertz CT molecular complexity index is 543. The molecule has 3 N–H and O–H groups in total. The van der Waals surface area contributed by atoms with Crippen LogP contribution in [0.15, 0.2) is 6.07 Å². The number of likely N-dealkylation sites (N-methyl/N-ethyl adjacent to an activating group) is 1. The number of pyridine rings is 1. The summed E-state index contributed by atoms with van der Waals surface area (Å²) < 4.78 is 0. The number of likely N-dealkylation sites (tertiary alicyclic amines) is 1. The molecule has 1 aliphatic carbocycles. The zero-order valence-electron chi connectivity index (χ0n) is 12.7. The Kier molecular flexibility index (Phi) is 4.40. The van der Waals surface area contributed by atoms with E-state index in [4.69, 9.17) is 22.9 Å². The predicted octanol–water partition coefficient (Wildman–Crippen LogP) is 2.10. The molecule has 2 heterocycles. The van der Waals surface area contributed by atoms with Crippen LogP contribution >= 0.6 is 12.2 Å². The van der Waals surface area contributed by atoms with Crippen molar-refractivity contribution < 1.29 is 0 Å². The molecule has 1 atom stereocenters. The van der Waals surface area contributed by atoms with Crippen LogP contribution in [-0.4, -0.2) is 41.1 Å². The van der Waals surface area contributed by atoms with E-state index in [0.29, 0.717) is 11.0 Å².